The molecule has 112 valence electrons. The van der Waals surface area contributed by atoms with Crippen LogP contribution in [0, 0.1) is 11.3 Å². The molecule has 0 radical (unpaired) electrons. The van der Waals surface area contributed by atoms with Crippen LogP contribution in [0.5, 0.6) is 0 Å². The Hall–Kier alpha value is -2.53. The van der Waals surface area contributed by atoms with Crippen molar-refractivity contribution in [2.75, 3.05) is 0 Å². The first-order valence-corrected chi connectivity index (χ1v) is 5.65. The molecule has 0 aromatic heterocycles. The molecule has 1 atom stereocenters. The Morgan fingerprint density at radius 1 is 1.38 bits per heavy atom. The average Bonchev–Trinajstić information content (AvgIpc) is 2.39. The van der Waals surface area contributed by atoms with E-state index in [-0.39, 0.29) is 5.56 Å². The van der Waals surface area contributed by atoms with E-state index in [0.29, 0.717) is 0 Å². The summed E-state index contributed by atoms with van der Waals surface area (Å²) in [5, 5.41) is 17.6. The van der Waals surface area contributed by atoms with E-state index in [4.69, 9.17) is 10.4 Å². The normalized spacial score (nSPS) is 13.9. The van der Waals surface area contributed by atoms with E-state index in [0.717, 1.165) is 6.92 Å². The van der Waals surface area contributed by atoms with Gasteiger partial charge in [0.05, 0.1) is 0 Å². The molecule has 1 aromatic carbocycles. The molecule has 1 aromatic rings. The molecular weight excluding hydrogens is 289 g/mol. The number of carbonyl (C=O) groups is 1. The summed E-state index contributed by atoms with van der Waals surface area (Å²) in [6.45, 7) is 1.05. The molecular formula is C13H11F3N2O3. The van der Waals surface area contributed by atoms with Gasteiger partial charge in [0.25, 0.3) is 5.91 Å². The number of alkyl halides is 3. The van der Waals surface area contributed by atoms with E-state index < -0.39 is 29.5 Å². The van der Waals surface area contributed by atoms with Crippen molar-refractivity contribution < 1.29 is 27.9 Å². The van der Waals surface area contributed by atoms with Crippen LogP contribution in [0.3, 0.4) is 0 Å². The molecule has 0 aliphatic carbocycles. The van der Waals surface area contributed by atoms with Crippen LogP contribution in [0.15, 0.2) is 41.7 Å². The highest BCUT2D eigenvalue weighted by Crippen LogP contribution is 2.34. The minimum Gasteiger partial charge on any atom is -0.511 e. The predicted octanol–water partition coefficient (Wildman–Crippen LogP) is 2.69. The van der Waals surface area contributed by atoms with Crippen molar-refractivity contribution in [2.45, 2.75) is 19.2 Å². The van der Waals surface area contributed by atoms with E-state index >= 15 is 0 Å². The molecule has 5 nitrogen and oxygen atoms in total. The van der Waals surface area contributed by atoms with E-state index in [9.17, 15) is 18.0 Å². The van der Waals surface area contributed by atoms with Crippen LogP contribution in [0.1, 0.15) is 18.6 Å². The van der Waals surface area contributed by atoms with Gasteiger partial charge < -0.3 is 5.11 Å². The Balaban J connectivity index is 2.89. The van der Waals surface area contributed by atoms with E-state index in [1.54, 1.807) is 0 Å². The van der Waals surface area contributed by atoms with Crippen molar-refractivity contribution in [3.05, 3.63) is 47.2 Å². The Labute approximate surface area is 118 Å². The van der Waals surface area contributed by atoms with Crippen molar-refractivity contribution in [3.8, 4) is 6.07 Å². The van der Waals surface area contributed by atoms with Crippen LogP contribution in [0.4, 0.5) is 13.2 Å². The van der Waals surface area contributed by atoms with Crippen molar-refractivity contribution >= 4 is 5.91 Å². The van der Waals surface area contributed by atoms with Gasteiger partial charge in [-0.15, -0.1) is 0 Å². The average molecular weight is 300 g/mol. The highest BCUT2D eigenvalue weighted by molar-refractivity contribution is 5.96. The summed E-state index contributed by atoms with van der Waals surface area (Å²) in [5.41, 5.74) is 0.574. The number of allylic oxidation sites excluding steroid dienone is 1. The predicted molar refractivity (Wildman–Crippen MR) is 65.4 cm³/mol. The molecule has 0 bridgehead atoms. The van der Waals surface area contributed by atoms with Gasteiger partial charge in [-0.3, -0.25) is 9.63 Å². The number of benzene rings is 1. The quantitative estimate of drug-likeness (QED) is 0.387. The second kappa shape index (κ2) is 6.76. The second-order valence-corrected chi connectivity index (χ2v) is 3.95. The lowest BCUT2D eigenvalue weighted by atomic mass is 10.1. The SMILES string of the molecule is C/C(O)=C(/C#N)C(=O)NOC(c1ccccc1)C(F)(F)F. The molecule has 2 N–H and O–H groups in total. The number of nitrogens with one attached hydrogen (secondary N) is 1. The van der Waals surface area contributed by atoms with Gasteiger partial charge in [0.15, 0.2) is 5.57 Å². The zero-order valence-corrected chi connectivity index (χ0v) is 10.8. The number of halogens is 3. The summed E-state index contributed by atoms with van der Waals surface area (Å²) in [6.07, 6.45) is -7.15. The van der Waals surface area contributed by atoms with Gasteiger partial charge in [-0.2, -0.15) is 18.4 Å². The maximum absolute atomic E-state index is 12.9. The Morgan fingerprint density at radius 2 is 1.95 bits per heavy atom. The molecule has 0 saturated heterocycles. The fraction of sp³-hybridized carbons (Fsp3) is 0.231. The van der Waals surface area contributed by atoms with E-state index in [1.165, 1.54) is 41.9 Å². The molecule has 0 saturated carbocycles. The van der Waals surface area contributed by atoms with Crippen molar-refractivity contribution in [2.24, 2.45) is 0 Å². The van der Waals surface area contributed by atoms with Crippen molar-refractivity contribution in [3.63, 3.8) is 0 Å². The summed E-state index contributed by atoms with van der Waals surface area (Å²) in [4.78, 5) is 15.8. The lowest BCUT2D eigenvalue weighted by Gasteiger charge is -2.20. The van der Waals surface area contributed by atoms with E-state index in [2.05, 4.69) is 4.84 Å². The third-order valence-corrected chi connectivity index (χ3v) is 2.37. The number of aliphatic hydroxyl groups is 1. The first kappa shape index (κ1) is 16.5. The van der Waals surface area contributed by atoms with E-state index in [1.807, 2.05) is 0 Å². The first-order valence-electron chi connectivity index (χ1n) is 5.65. The van der Waals surface area contributed by atoms with Crippen LogP contribution in [-0.2, 0) is 9.63 Å². The van der Waals surface area contributed by atoms with Gasteiger partial charge in [0, 0.05) is 0 Å². The number of carbonyl (C=O) groups excluding carboxylic acids is 1. The minimum absolute atomic E-state index is 0.214. The van der Waals surface area contributed by atoms with Gasteiger partial charge in [-0.05, 0) is 12.5 Å². The molecule has 21 heavy (non-hydrogen) atoms. The van der Waals surface area contributed by atoms with Crippen molar-refractivity contribution in [1.29, 1.82) is 5.26 Å². The molecule has 1 rings (SSSR count). The number of aliphatic hydroxyl groups excluding tert-OH is 1. The zero-order valence-electron chi connectivity index (χ0n) is 10.8. The molecule has 1 amide bonds. The summed E-state index contributed by atoms with van der Waals surface area (Å²) in [7, 11) is 0. The molecule has 8 heteroatoms. The molecule has 0 heterocycles. The number of nitrogens with zero attached hydrogens (tertiary/aromatic N) is 1. The lowest BCUT2D eigenvalue weighted by molar-refractivity contribution is -0.239. The van der Waals surface area contributed by atoms with Crippen LogP contribution in [0.25, 0.3) is 0 Å². The Morgan fingerprint density at radius 3 is 2.38 bits per heavy atom. The van der Waals surface area contributed by atoms with Gasteiger partial charge in [0.2, 0.25) is 6.10 Å². The number of rotatable bonds is 4. The standard InChI is InChI=1S/C13H11F3N2O3/c1-8(19)10(7-17)12(20)18-21-11(13(14,15)16)9-5-3-2-4-6-9/h2-6,11,19H,1H3,(H,18,20)/b10-8+. The lowest BCUT2D eigenvalue weighted by Crippen LogP contribution is -2.33. The molecule has 0 fully saturated rings. The smallest absolute Gasteiger partial charge is 0.421 e. The number of hydrogen-bond donors (Lipinski definition) is 2. The summed E-state index contributed by atoms with van der Waals surface area (Å²) in [6, 6.07) is 8.03. The minimum atomic E-state index is -4.76. The number of amides is 1. The summed E-state index contributed by atoms with van der Waals surface area (Å²) >= 11 is 0. The third-order valence-electron chi connectivity index (χ3n) is 2.37. The van der Waals surface area contributed by atoms with Gasteiger partial charge in [-0.1, -0.05) is 30.3 Å². The van der Waals surface area contributed by atoms with Gasteiger partial charge in [0.1, 0.15) is 11.8 Å². The Bertz CT molecular complexity index is 573. The number of nitriles is 1. The highest BCUT2D eigenvalue weighted by Gasteiger charge is 2.43. The maximum atomic E-state index is 12.9. The fourth-order valence-corrected chi connectivity index (χ4v) is 1.41. The molecule has 0 aliphatic heterocycles. The van der Waals surface area contributed by atoms with Crippen molar-refractivity contribution in [1.82, 2.24) is 5.48 Å². The Kier molecular flexibility index (Phi) is 5.32. The van der Waals surface area contributed by atoms with Crippen LogP contribution in [-0.4, -0.2) is 17.2 Å². The van der Waals surface area contributed by atoms with Gasteiger partial charge in [-0.25, -0.2) is 5.48 Å². The highest BCUT2D eigenvalue weighted by atomic mass is 19.4. The summed E-state index contributed by atoms with van der Waals surface area (Å²) in [5.74, 6) is -1.88. The third kappa shape index (κ3) is 4.50. The van der Waals surface area contributed by atoms with Crippen LogP contribution < -0.4 is 5.48 Å². The number of hydrogen-bond acceptors (Lipinski definition) is 4. The second-order valence-electron chi connectivity index (χ2n) is 3.95. The van der Waals surface area contributed by atoms with Crippen LogP contribution in [0.2, 0.25) is 0 Å². The van der Waals surface area contributed by atoms with Gasteiger partial charge >= 0.3 is 6.18 Å². The monoisotopic (exact) mass is 300 g/mol. The van der Waals surface area contributed by atoms with Crippen LogP contribution >= 0.6 is 0 Å². The molecule has 0 spiro atoms. The largest absolute Gasteiger partial charge is 0.511 e. The number of hydroxylamine groups is 1. The topological polar surface area (TPSA) is 82.3 Å². The molecule has 0 aliphatic rings. The zero-order chi connectivity index (χ0) is 16.0. The fourth-order valence-electron chi connectivity index (χ4n) is 1.41. The summed E-state index contributed by atoms with van der Waals surface area (Å²) < 4.78 is 38.7. The first-order chi connectivity index (χ1) is 9.77. The molecule has 1 unspecified atom stereocenters. The maximum Gasteiger partial charge on any atom is 0.421 e.